The van der Waals surface area contributed by atoms with Crippen LogP contribution in [0.25, 0.3) is 10.6 Å². The minimum absolute atomic E-state index is 0.322. The number of hydrogen-bond donors (Lipinski definition) is 0. The number of rotatable bonds is 2. The third-order valence-corrected chi connectivity index (χ3v) is 3.18. The summed E-state index contributed by atoms with van der Waals surface area (Å²) in [5.74, 6) is 0.261. The Balaban J connectivity index is 2.55. The van der Waals surface area contributed by atoms with E-state index in [1.54, 1.807) is 6.07 Å². The molecule has 0 amide bonds. The minimum Gasteiger partial charge on any atom is -0.496 e. The molecule has 0 aliphatic heterocycles. The Hall–Kier alpha value is -1.01. The molecule has 15 heavy (non-hydrogen) atoms. The zero-order chi connectivity index (χ0) is 10.8. The maximum Gasteiger partial charge on any atom is 0.183 e. The molecule has 0 unspecified atom stereocenters. The monoisotopic (exact) mass is 288 g/mol. The molecule has 0 aliphatic carbocycles. The summed E-state index contributed by atoms with van der Waals surface area (Å²) in [6, 6.07) is 4.30. The molecule has 0 fully saturated rings. The number of halogens is 2. The molecular weight excluding hydrogens is 283 g/mol. The van der Waals surface area contributed by atoms with Crippen LogP contribution >= 0.6 is 27.3 Å². The highest BCUT2D eigenvalue weighted by molar-refractivity contribution is 9.11. The van der Waals surface area contributed by atoms with Gasteiger partial charge in [0, 0.05) is 0 Å². The maximum absolute atomic E-state index is 13.1. The van der Waals surface area contributed by atoms with Gasteiger partial charge in [-0.2, -0.15) is 0 Å². The van der Waals surface area contributed by atoms with Crippen molar-refractivity contribution in [1.29, 1.82) is 0 Å². The fourth-order valence-corrected chi connectivity index (χ4v) is 2.29. The lowest BCUT2D eigenvalue weighted by atomic mass is 10.2. The molecule has 0 aliphatic rings. The zero-order valence-electron chi connectivity index (χ0n) is 7.70. The van der Waals surface area contributed by atoms with Gasteiger partial charge < -0.3 is 4.74 Å². The van der Waals surface area contributed by atoms with Gasteiger partial charge in [-0.25, -0.2) is 4.39 Å². The third kappa shape index (κ3) is 2.15. The Morgan fingerprint density at radius 1 is 1.40 bits per heavy atom. The van der Waals surface area contributed by atoms with Gasteiger partial charge in [0.25, 0.3) is 0 Å². The van der Waals surface area contributed by atoms with Gasteiger partial charge >= 0.3 is 0 Å². The summed E-state index contributed by atoms with van der Waals surface area (Å²) in [7, 11) is 1.53. The highest BCUT2D eigenvalue weighted by Crippen LogP contribution is 2.33. The van der Waals surface area contributed by atoms with Gasteiger partial charge in [0.15, 0.2) is 8.92 Å². The molecule has 0 N–H and O–H groups in total. The number of ether oxygens (including phenoxy) is 1. The largest absolute Gasteiger partial charge is 0.496 e. The van der Waals surface area contributed by atoms with E-state index in [4.69, 9.17) is 4.74 Å². The normalized spacial score (nSPS) is 10.3. The molecule has 0 radical (unpaired) electrons. The first-order valence-corrected chi connectivity index (χ1v) is 5.64. The van der Waals surface area contributed by atoms with Crippen molar-refractivity contribution in [3.8, 4) is 16.3 Å². The Bertz CT molecular complexity index is 489. The fourth-order valence-electron chi connectivity index (χ4n) is 1.16. The van der Waals surface area contributed by atoms with Crippen LogP contribution in [-0.4, -0.2) is 17.3 Å². The average Bonchev–Trinajstić information content (AvgIpc) is 2.65. The van der Waals surface area contributed by atoms with Crippen LogP contribution in [-0.2, 0) is 0 Å². The summed E-state index contributed by atoms with van der Waals surface area (Å²) >= 11 is 4.53. The van der Waals surface area contributed by atoms with Crippen molar-refractivity contribution in [1.82, 2.24) is 10.2 Å². The SMILES string of the molecule is COc1ccc(F)cc1-c1nnc(Br)s1. The molecule has 1 heterocycles. The van der Waals surface area contributed by atoms with Crippen LogP contribution < -0.4 is 4.74 Å². The van der Waals surface area contributed by atoms with E-state index in [0.717, 1.165) is 0 Å². The van der Waals surface area contributed by atoms with Crippen molar-refractivity contribution in [3.05, 3.63) is 27.9 Å². The van der Waals surface area contributed by atoms with Crippen molar-refractivity contribution >= 4 is 27.3 Å². The van der Waals surface area contributed by atoms with E-state index in [9.17, 15) is 4.39 Å². The zero-order valence-corrected chi connectivity index (χ0v) is 10.1. The Kier molecular flexibility index (Phi) is 2.97. The Labute approximate surface area is 98.0 Å². The lowest BCUT2D eigenvalue weighted by molar-refractivity contribution is 0.415. The van der Waals surface area contributed by atoms with E-state index in [2.05, 4.69) is 26.1 Å². The van der Waals surface area contributed by atoms with Gasteiger partial charge in [-0.05, 0) is 34.1 Å². The molecular formula is C9H6BrFN2OS. The van der Waals surface area contributed by atoms with Crippen molar-refractivity contribution in [2.24, 2.45) is 0 Å². The second kappa shape index (κ2) is 4.24. The van der Waals surface area contributed by atoms with Crippen LogP contribution in [0.3, 0.4) is 0 Å². The van der Waals surface area contributed by atoms with Gasteiger partial charge in [0.05, 0.1) is 12.7 Å². The number of hydrogen-bond acceptors (Lipinski definition) is 4. The van der Waals surface area contributed by atoms with E-state index in [-0.39, 0.29) is 5.82 Å². The van der Waals surface area contributed by atoms with Gasteiger partial charge in [0.2, 0.25) is 0 Å². The number of aromatic nitrogens is 2. The van der Waals surface area contributed by atoms with E-state index in [0.29, 0.717) is 20.2 Å². The molecule has 0 spiro atoms. The van der Waals surface area contributed by atoms with Crippen LogP contribution in [0.1, 0.15) is 0 Å². The van der Waals surface area contributed by atoms with Crippen molar-refractivity contribution in [2.45, 2.75) is 0 Å². The van der Waals surface area contributed by atoms with E-state index in [1.165, 1.54) is 30.6 Å². The predicted octanol–water partition coefficient (Wildman–Crippen LogP) is 3.12. The molecule has 0 bridgehead atoms. The van der Waals surface area contributed by atoms with E-state index in [1.807, 2.05) is 0 Å². The van der Waals surface area contributed by atoms with E-state index < -0.39 is 0 Å². The molecule has 6 heteroatoms. The van der Waals surface area contributed by atoms with Gasteiger partial charge in [0.1, 0.15) is 11.6 Å². The minimum atomic E-state index is -0.322. The summed E-state index contributed by atoms with van der Waals surface area (Å²) in [6.45, 7) is 0. The standard InChI is InChI=1S/C9H6BrFN2OS/c1-14-7-3-2-5(11)4-6(7)8-12-13-9(10)15-8/h2-4H,1H3. The molecule has 78 valence electrons. The van der Waals surface area contributed by atoms with Crippen molar-refractivity contribution < 1.29 is 9.13 Å². The summed E-state index contributed by atoms with van der Waals surface area (Å²) in [5, 5.41) is 8.34. The average molecular weight is 289 g/mol. The molecule has 0 saturated carbocycles. The molecule has 1 aromatic carbocycles. The predicted molar refractivity (Wildman–Crippen MR) is 59.6 cm³/mol. The van der Waals surface area contributed by atoms with Crippen LogP contribution in [0, 0.1) is 5.82 Å². The summed E-state index contributed by atoms with van der Waals surface area (Å²) in [5.41, 5.74) is 0.612. The molecule has 2 rings (SSSR count). The molecule has 2 aromatic rings. The summed E-state index contributed by atoms with van der Waals surface area (Å²) < 4.78 is 18.8. The van der Waals surface area contributed by atoms with Crippen LogP contribution in [0.2, 0.25) is 0 Å². The first kappa shape index (κ1) is 10.5. The lowest BCUT2D eigenvalue weighted by Crippen LogP contribution is -1.88. The summed E-state index contributed by atoms with van der Waals surface area (Å²) in [4.78, 5) is 0. The third-order valence-electron chi connectivity index (χ3n) is 1.79. The number of nitrogens with zero attached hydrogens (tertiary/aromatic N) is 2. The van der Waals surface area contributed by atoms with Crippen LogP contribution in [0.4, 0.5) is 4.39 Å². The number of methoxy groups -OCH3 is 1. The quantitative estimate of drug-likeness (QED) is 0.852. The van der Waals surface area contributed by atoms with Crippen molar-refractivity contribution in [2.75, 3.05) is 7.11 Å². The highest BCUT2D eigenvalue weighted by Gasteiger charge is 2.11. The highest BCUT2D eigenvalue weighted by atomic mass is 79.9. The maximum atomic E-state index is 13.1. The molecule has 0 saturated heterocycles. The molecule has 1 aromatic heterocycles. The van der Waals surface area contributed by atoms with Gasteiger partial charge in [-0.15, -0.1) is 10.2 Å². The molecule has 0 atom stereocenters. The summed E-state index contributed by atoms with van der Waals surface area (Å²) in [6.07, 6.45) is 0. The fraction of sp³-hybridized carbons (Fsp3) is 0.111. The van der Waals surface area contributed by atoms with Gasteiger partial charge in [-0.3, -0.25) is 0 Å². The van der Waals surface area contributed by atoms with Gasteiger partial charge in [-0.1, -0.05) is 11.3 Å². The first-order valence-electron chi connectivity index (χ1n) is 4.03. The smallest absolute Gasteiger partial charge is 0.183 e. The Morgan fingerprint density at radius 2 is 2.20 bits per heavy atom. The second-order valence-corrected chi connectivity index (χ2v) is 4.96. The Morgan fingerprint density at radius 3 is 2.80 bits per heavy atom. The molecule has 3 nitrogen and oxygen atoms in total. The van der Waals surface area contributed by atoms with Crippen LogP contribution in [0.5, 0.6) is 5.75 Å². The van der Waals surface area contributed by atoms with E-state index >= 15 is 0 Å². The topological polar surface area (TPSA) is 35.0 Å². The number of benzene rings is 1. The second-order valence-electron chi connectivity index (χ2n) is 2.70. The van der Waals surface area contributed by atoms with Crippen LogP contribution in [0.15, 0.2) is 22.1 Å². The lowest BCUT2D eigenvalue weighted by Gasteiger charge is -2.04. The van der Waals surface area contributed by atoms with Crippen molar-refractivity contribution in [3.63, 3.8) is 0 Å². The first-order chi connectivity index (χ1) is 7.20.